The van der Waals surface area contributed by atoms with Crippen molar-refractivity contribution in [2.75, 3.05) is 5.32 Å². The molecule has 2 amide bonds. The van der Waals surface area contributed by atoms with E-state index in [4.69, 9.17) is 0 Å². The zero-order valence-corrected chi connectivity index (χ0v) is 17.3. The van der Waals surface area contributed by atoms with Crippen molar-refractivity contribution < 1.29 is 22.8 Å². The fraction of sp³-hybridized carbons (Fsp3) is 0.273. The quantitative estimate of drug-likeness (QED) is 0.623. The number of halogens is 3. The molecule has 0 unspecified atom stereocenters. The first-order valence-corrected chi connectivity index (χ1v) is 9.95. The van der Waals surface area contributed by atoms with Crippen LogP contribution >= 0.6 is 0 Å². The highest BCUT2D eigenvalue weighted by Gasteiger charge is 2.35. The number of nitrogens with zero attached hydrogens (tertiary/aromatic N) is 3. The van der Waals surface area contributed by atoms with Crippen LogP contribution in [-0.2, 0) is 6.18 Å². The van der Waals surface area contributed by atoms with Crippen molar-refractivity contribution in [1.29, 1.82) is 0 Å². The minimum atomic E-state index is -4.62. The number of anilines is 1. The molecular weight excluding hydrogens is 423 g/mol. The third-order valence-corrected chi connectivity index (χ3v) is 5.21. The molecule has 1 saturated carbocycles. The lowest BCUT2D eigenvalue weighted by molar-refractivity contribution is -0.137. The van der Waals surface area contributed by atoms with Crippen LogP contribution in [0.5, 0.6) is 0 Å². The van der Waals surface area contributed by atoms with Crippen LogP contribution < -0.4 is 10.6 Å². The summed E-state index contributed by atoms with van der Waals surface area (Å²) in [6.07, 6.45) is -0.290. The van der Waals surface area contributed by atoms with Gasteiger partial charge in [-0.3, -0.25) is 9.59 Å². The molecule has 0 aliphatic heterocycles. The lowest BCUT2D eigenvalue weighted by Gasteiger charge is -2.13. The summed E-state index contributed by atoms with van der Waals surface area (Å²) in [6, 6.07) is 7.26. The number of aromatic nitrogens is 3. The first-order chi connectivity index (χ1) is 15.1. The highest BCUT2D eigenvalue weighted by Crippen LogP contribution is 2.33. The first kappa shape index (κ1) is 21.5. The Balaban J connectivity index is 1.60. The summed E-state index contributed by atoms with van der Waals surface area (Å²) in [6.45, 7) is 3.26. The molecule has 32 heavy (non-hydrogen) atoms. The first-order valence-electron chi connectivity index (χ1n) is 9.95. The second kappa shape index (κ2) is 8.10. The molecular formula is C22H20F3N5O2. The number of amides is 2. The lowest BCUT2D eigenvalue weighted by atomic mass is 10.1. The molecule has 3 aromatic rings. The number of carbonyl (C=O) groups is 2. The fourth-order valence-corrected chi connectivity index (χ4v) is 3.22. The average Bonchev–Trinajstić information content (AvgIpc) is 3.47. The highest BCUT2D eigenvalue weighted by atomic mass is 19.4. The molecule has 0 spiro atoms. The largest absolute Gasteiger partial charge is 0.420 e. The van der Waals surface area contributed by atoms with E-state index in [9.17, 15) is 22.8 Å². The van der Waals surface area contributed by atoms with Gasteiger partial charge in [0.25, 0.3) is 11.8 Å². The number of hydrogen-bond donors (Lipinski definition) is 2. The van der Waals surface area contributed by atoms with Gasteiger partial charge in [-0.05, 0) is 56.5 Å². The number of pyridine rings is 1. The molecule has 1 fully saturated rings. The van der Waals surface area contributed by atoms with Crippen molar-refractivity contribution in [2.24, 2.45) is 0 Å². The molecule has 1 aromatic carbocycles. The van der Waals surface area contributed by atoms with Gasteiger partial charge in [-0.15, -0.1) is 0 Å². The second-order valence-corrected chi connectivity index (χ2v) is 7.66. The molecule has 0 saturated heterocycles. The van der Waals surface area contributed by atoms with E-state index in [0.29, 0.717) is 11.3 Å². The number of carbonyl (C=O) groups excluding carboxylic acids is 2. The standard InChI is InChI=1S/C22H20F3N5O2/c1-12-5-6-14(20(31)28-15-7-8-15)10-18(12)29-21(32)16-11-27-30(13(16)2)19-17(22(23,24)25)4-3-9-26-19/h3-6,9-11,15H,7-8H2,1-2H3,(H,28,31)(H,29,32). The van der Waals surface area contributed by atoms with Gasteiger partial charge in [-0.25, -0.2) is 9.67 Å². The van der Waals surface area contributed by atoms with Crippen molar-refractivity contribution >= 4 is 17.5 Å². The van der Waals surface area contributed by atoms with Crippen LogP contribution in [0, 0.1) is 13.8 Å². The van der Waals surface area contributed by atoms with Crippen LogP contribution in [-0.4, -0.2) is 32.6 Å². The van der Waals surface area contributed by atoms with Gasteiger partial charge in [-0.1, -0.05) is 6.07 Å². The molecule has 0 bridgehead atoms. The van der Waals surface area contributed by atoms with Crippen molar-refractivity contribution in [3.8, 4) is 5.82 Å². The molecule has 2 N–H and O–H groups in total. The Morgan fingerprint density at radius 2 is 1.88 bits per heavy atom. The molecule has 1 aliphatic carbocycles. The summed E-state index contributed by atoms with van der Waals surface area (Å²) in [4.78, 5) is 29.0. The maximum Gasteiger partial charge on any atom is 0.420 e. The summed E-state index contributed by atoms with van der Waals surface area (Å²) >= 11 is 0. The molecule has 1 aliphatic rings. The molecule has 7 nitrogen and oxygen atoms in total. The van der Waals surface area contributed by atoms with Gasteiger partial charge < -0.3 is 10.6 Å². The van der Waals surface area contributed by atoms with Gasteiger partial charge in [0.2, 0.25) is 0 Å². The maximum absolute atomic E-state index is 13.4. The number of hydrogen-bond acceptors (Lipinski definition) is 4. The number of nitrogens with one attached hydrogen (secondary N) is 2. The molecule has 0 atom stereocenters. The smallest absolute Gasteiger partial charge is 0.349 e. The van der Waals surface area contributed by atoms with Gasteiger partial charge in [0, 0.05) is 23.5 Å². The van der Waals surface area contributed by atoms with E-state index in [1.165, 1.54) is 25.4 Å². The van der Waals surface area contributed by atoms with Crippen LogP contribution in [0.3, 0.4) is 0 Å². The Morgan fingerprint density at radius 3 is 2.56 bits per heavy atom. The lowest BCUT2D eigenvalue weighted by Crippen LogP contribution is -2.25. The normalized spacial score (nSPS) is 13.7. The highest BCUT2D eigenvalue weighted by molar-refractivity contribution is 6.06. The third-order valence-electron chi connectivity index (χ3n) is 5.21. The number of benzene rings is 1. The predicted octanol–water partition coefficient (Wildman–Crippen LogP) is 4.05. The van der Waals surface area contributed by atoms with Crippen molar-refractivity contribution in [2.45, 2.75) is 38.9 Å². The van der Waals surface area contributed by atoms with Crippen LogP contribution in [0.15, 0.2) is 42.7 Å². The average molecular weight is 443 g/mol. The Labute approximate surface area is 181 Å². The van der Waals surface area contributed by atoms with E-state index in [-0.39, 0.29) is 23.2 Å². The van der Waals surface area contributed by atoms with Crippen molar-refractivity contribution in [3.63, 3.8) is 0 Å². The molecule has 2 heterocycles. The van der Waals surface area contributed by atoms with E-state index >= 15 is 0 Å². The Morgan fingerprint density at radius 1 is 1.12 bits per heavy atom. The van der Waals surface area contributed by atoms with Gasteiger partial charge in [-0.2, -0.15) is 18.3 Å². The molecule has 10 heteroatoms. The van der Waals surface area contributed by atoms with E-state index in [1.54, 1.807) is 25.1 Å². The van der Waals surface area contributed by atoms with Crippen LogP contribution in [0.2, 0.25) is 0 Å². The molecule has 2 aromatic heterocycles. The number of rotatable bonds is 5. The van der Waals surface area contributed by atoms with Crippen molar-refractivity contribution in [3.05, 3.63) is 70.7 Å². The fourth-order valence-electron chi connectivity index (χ4n) is 3.22. The van der Waals surface area contributed by atoms with Crippen LogP contribution in [0.4, 0.5) is 18.9 Å². The number of alkyl halides is 3. The molecule has 0 radical (unpaired) electrons. The summed E-state index contributed by atoms with van der Waals surface area (Å²) in [5, 5.41) is 9.57. The van der Waals surface area contributed by atoms with E-state index in [1.807, 2.05) is 0 Å². The van der Waals surface area contributed by atoms with Crippen molar-refractivity contribution in [1.82, 2.24) is 20.1 Å². The van der Waals surface area contributed by atoms with Gasteiger partial charge >= 0.3 is 6.18 Å². The molecule has 166 valence electrons. The summed E-state index contributed by atoms with van der Waals surface area (Å²) in [5.74, 6) is -1.19. The number of aryl methyl sites for hydroxylation is 1. The zero-order chi connectivity index (χ0) is 23.0. The summed E-state index contributed by atoms with van der Waals surface area (Å²) in [7, 11) is 0. The van der Waals surface area contributed by atoms with E-state index < -0.39 is 23.5 Å². The van der Waals surface area contributed by atoms with Gasteiger partial charge in [0.15, 0.2) is 5.82 Å². The minimum Gasteiger partial charge on any atom is -0.349 e. The van der Waals surface area contributed by atoms with E-state index in [0.717, 1.165) is 29.2 Å². The summed E-state index contributed by atoms with van der Waals surface area (Å²) in [5.41, 5.74) is 0.912. The predicted molar refractivity (Wildman–Crippen MR) is 111 cm³/mol. The summed E-state index contributed by atoms with van der Waals surface area (Å²) < 4.78 is 41.1. The Kier molecular flexibility index (Phi) is 5.45. The van der Waals surface area contributed by atoms with Gasteiger partial charge in [0.05, 0.1) is 17.5 Å². The molecule has 4 rings (SSSR count). The second-order valence-electron chi connectivity index (χ2n) is 7.66. The SMILES string of the molecule is Cc1ccc(C(=O)NC2CC2)cc1NC(=O)c1cnn(-c2ncccc2C(F)(F)F)c1C. The Bertz CT molecular complexity index is 1200. The van der Waals surface area contributed by atoms with E-state index in [2.05, 4.69) is 20.7 Å². The van der Waals surface area contributed by atoms with Crippen LogP contribution in [0.1, 0.15) is 50.4 Å². The topological polar surface area (TPSA) is 88.9 Å². The van der Waals surface area contributed by atoms with Crippen LogP contribution in [0.25, 0.3) is 5.82 Å². The maximum atomic E-state index is 13.4. The minimum absolute atomic E-state index is 0.0935. The third kappa shape index (κ3) is 4.34. The Hall–Kier alpha value is -3.69. The monoisotopic (exact) mass is 443 g/mol. The zero-order valence-electron chi connectivity index (χ0n) is 17.3. The van der Waals surface area contributed by atoms with Gasteiger partial charge in [0.1, 0.15) is 5.56 Å².